The third kappa shape index (κ3) is 3.68. The molecule has 1 unspecified atom stereocenters. The Kier molecular flexibility index (Phi) is 4.77. The summed E-state index contributed by atoms with van der Waals surface area (Å²) in [6, 6.07) is 8.20. The van der Waals surface area contributed by atoms with Gasteiger partial charge < -0.3 is 5.32 Å². The molecule has 1 aliphatic rings. The molecule has 1 amide bonds. The summed E-state index contributed by atoms with van der Waals surface area (Å²) in [7, 11) is 0. The molecule has 0 radical (unpaired) electrons. The molecule has 4 nitrogen and oxygen atoms in total. The predicted octanol–water partition coefficient (Wildman–Crippen LogP) is 2.57. The molecule has 0 spiro atoms. The average molecular weight is 319 g/mol. The molecule has 1 fully saturated rings. The molecule has 116 valence electrons. The van der Waals surface area contributed by atoms with Crippen molar-refractivity contribution in [2.24, 2.45) is 0 Å². The summed E-state index contributed by atoms with van der Waals surface area (Å²) >= 11 is 1.73. The number of halogens is 1. The fraction of sp³-hybridized carbons (Fsp3) is 0.375. The van der Waals surface area contributed by atoms with Gasteiger partial charge in [-0.15, -0.1) is 11.8 Å². The van der Waals surface area contributed by atoms with E-state index in [0.29, 0.717) is 18.7 Å². The first-order valence-electron chi connectivity index (χ1n) is 7.42. The number of nitrogens with zero attached hydrogens (tertiary/aromatic N) is 2. The number of carbonyl (C=O) groups is 1. The zero-order valence-corrected chi connectivity index (χ0v) is 13.0. The van der Waals surface area contributed by atoms with Crippen LogP contribution in [0.25, 0.3) is 5.69 Å². The average Bonchev–Trinajstić information content (AvgIpc) is 3.19. The lowest BCUT2D eigenvalue weighted by Crippen LogP contribution is -2.32. The lowest BCUT2D eigenvalue weighted by atomic mass is 10.2. The molecule has 0 bridgehead atoms. The first-order valence-corrected chi connectivity index (χ1v) is 8.47. The van der Waals surface area contributed by atoms with Crippen LogP contribution in [0.2, 0.25) is 0 Å². The Balaban J connectivity index is 1.52. The summed E-state index contributed by atoms with van der Waals surface area (Å²) in [6.07, 6.45) is 4.58. The van der Waals surface area contributed by atoms with Crippen molar-refractivity contribution in [1.29, 1.82) is 0 Å². The van der Waals surface area contributed by atoms with Gasteiger partial charge in [0.1, 0.15) is 5.82 Å². The fourth-order valence-corrected chi connectivity index (χ4v) is 3.66. The molecular formula is C16H18FN3OS. The van der Waals surface area contributed by atoms with Crippen molar-refractivity contribution in [3.8, 4) is 5.69 Å². The van der Waals surface area contributed by atoms with E-state index in [4.69, 9.17) is 0 Å². The molecule has 6 heteroatoms. The summed E-state index contributed by atoms with van der Waals surface area (Å²) in [5.74, 6) is 0.929. The minimum atomic E-state index is -0.282. The number of amides is 1. The SMILES string of the molecule is O=C(NCCc1ccn(-c2cccc(F)c2)n1)C1CCCS1. The number of rotatable bonds is 5. The van der Waals surface area contributed by atoms with Gasteiger partial charge in [-0.05, 0) is 42.9 Å². The predicted molar refractivity (Wildman–Crippen MR) is 85.7 cm³/mol. The van der Waals surface area contributed by atoms with Crippen molar-refractivity contribution in [3.63, 3.8) is 0 Å². The number of thioether (sulfide) groups is 1. The minimum absolute atomic E-state index is 0.116. The number of aromatic nitrogens is 2. The molecule has 1 saturated heterocycles. The van der Waals surface area contributed by atoms with Crippen LogP contribution >= 0.6 is 11.8 Å². The highest BCUT2D eigenvalue weighted by atomic mass is 32.2. The molecule has 1 aromatic heterocycles. The molecule has 3 rings (SSSR count). The van der Waals surface area contributed by atoms with E-state index in [1.54, 1.807) is 34.8 Å². The van der Waals surface area contributed by atoms with Gasteiger partial charge in [0.25, 0.3) is 0 Å². The van der Waals surface area contributed by atoms with Crippen molar-refractivity contribution in [3.05, 3.63) is 48.0 Å². The second kappa shape index (κ2) is 6.96. The minimum Gasteiger partial charge on any atom is -0.355 e. The Morgan fingerprint density at radius 3 is 3.14 bits per heavy atom. The number of benzene rings is 1. The van der Waals surface area contributed by atoms with Crippen LogP contribution in [0.3, 0.4) is 0 Å². The van der Waals surface area contributed by atoms with Crippen LogP contribution in [-0.4, -0.2) is 33.2 Å². The van der Waals surface area contributed by atoms with E-state index in [0.717, 1.165) is 24.3 Å². The monoisotopic (exact) mass is 319 g/mol. The van der Waals surface area contributed by atoms with E-state index in [2.05, 4.69) is 10.4 Å². The van der Waals surface area contributed by atoms with E-state index < -0.39 is 0 Å². The van der Waals surface area contributed by atoms with Crippen molar-refractivity contribution in [2.75, 3.05) is 12.3 Å². The van der Waals surface area contributed by atoms with Crippen molar-refractivity contribution >= 4 is 17.7 Å². The number of hydrogen-bond acceptors (Lipinski definition) is 3. The number of carbonyl (C=O) groups excluding carboxylic acids is 1. The van der Waals surface area contributed by atoms with Crippen LogP contribution in [0, 0.1) is 5.82 Å². The summed E-state index contributed by atoms with van der Waals surface area (Å²) in [6.45, 7) is 0.579. The first-order chi connectivity index (χ1) is 10.7. The molecule has 1 aromatic carbocycles. The van der Waals surface area contributed by atoms with Gasteiger partial charge in [-0.2, -0.15) is 5.10 Å². The summed E-state index contributed by atoms with van der Waals surface area (Å²) in [5, 5.41) is 7.49. The Hall–Kier alpha value is -1.82. The van der Waals surface area contributed by atoms with Gasteiger partial charge in [0.2, 0.25) is 5.91 Å². The smallest absolute Gasteiger partial charge is 0.233 e. The Morgan fingerprint density at radius 2 is 2.36 bits per heavy atom. The fourth-order valence-electron chi connectivity index (χ4n) is 2.47. The second-order valence-electron chi connectivity index (χ2n) is 5.27. The molecule has 2 heterocycles. The lowest BCUT2D eigenvalue weighted by Gasteiger charge is -2.08. The van der Waals surface area contributed by atoms with Gasteiger partial charge in [0.05, 0.1) is 16.6 Å². The summed E-state index contributed by atoms with van der Waals surface area (Å²) in [4.78, 5) is 11.9. The highest BCUT2D eigenvalue weighted by molar-refractivity contribution is 8.00. The molecule has 22 heavy (non-hydrogen) atoms. The van der Waals surface area contributed by atoms with E-state index in [1.807, 2.05) is 6.07 Å². The highest BCUT2D eigenvalue weighted by Gasteiger charge is 2.22. The molecule has 1 aliphatic heterocycles. The summed E-state index contributed by atoms with van der Waals surface area (Å²) in [5.41, 5.74) is 1.57. The third-order valence-electron chi connectivity index (χ3n) is 3.62. The maximum atomic E-state index is 13.2. The second-order valence-corrected chi connectivity index (χ2v) is 6.58. The van der Waals surface area contributed by atoms with Crippen LogP contribution in [0.15, 0.2) is 36.5 Å². The molecule has 1 N–H and O–H groups in total. The highest BCUT2D eigenvalue weighted by Crippen LogP contribution is 2.25. The van der Waals surface area contributed by atoms with Gasteiger partial charge >= 0.3 is 0 Å². The first kappa shape index (κ1) is 15.1. The zero-order valence-electron chi connectivity index (χ0n) is 12.2. The van der Waals surface area contributed by atoms with Crippen molar-refractivity contribution < 1.29 is 9.18 Å². The van der Waals surface area contributed by atoms with E-state index in [1.165, 1.54) is 12.1 Å². The number of hydrogen-bond donors (Lipinski definition) is 1. The lowest BCUT2D eigenvalue weighted by molar-refractivity contribution is -0.120. The van der Waals surface area contributed by atoms with E-state index in [-0.39, 0.29) is 17.0 Å². The zero-order chi connectivity index (χ0) is 15.4. The van der Waals surface area contributed by atoms with Crippen LogP contribution in [0.5, 0.6) is 0 Å². The Bertz CT molecular complexity index is 652. The van der Waals surface area contributed by atoms with Crippen LogP contribution in [0.4, 0.5) is 4.39 Å². The van der Waals surface area contributed by atoms with Crippen molar-refractivity contribution in [2.45, 2.75) is 24.5 Å². The number of nitrogens with one attached hydrogen (secondary N) is 1. The largest absolute Gasteiger partial charge is 0.355 e. The molecular weight excluding hydrogens is 301 g/mol. The molecule has 0 saturated carbocycles. The van der Waals surface area contributed by atoms with Crippen LogP contribution in [-0.2, 0) is 11.2 Å². The van der Waals surface area contributed by atoms with E-state index >= 15 is 0 Å². The normalized spacial score (nSPS) is 17.6. The van der Waals surface area contributed by atoms with Gasteiger partial charge in [0.15, 0.2) is 0 Å². The van der Waals surface area contributed by atoms with Crippen molar-refractivity contribution in [1.82, 2.24) is 15.1 Å². The topological polar surface area (TPSA) is 46.9 Å². The summed E-state index contributed by atoms with van der Waals surface area (Å²) < 4.78 is 14.9. The maximum absolute atomic E-state index is 13.2. The third-order valence-corrected chi connectivity index (χ3v) is 5.00. The van der Waals surface area contributed by atoms with E-state index in [9.17, 15) is 9.18 Å². The Morgan fingerprint density at radius 1 is 1.45 bits per heavy atom. The van der Waals surface area contributed by atoms with Crippen LogP contribution < -0.4 is 5.32 Å². The Labute approximate surface area is 133 Å². The quantitative estimate of drug-likeness (QED) is 0.921. The van der Waals surface area contributed by atoms with Crippen LogP contribution in [0.1, 0.15) is 18.5 Å². The van der Waals surface area contributed by atoms with Gasteiger partial charge in [0, 0.05) is 19.2 Å². The maximum Gasteiger partial charge on any atom is 0.233 e. The standard InChI is InChI=1S/C16H18FN3OS/c17-12-3-1-4-14(11-12)20-9-7-13(19-20)6-8-18-16(21)15-5-2-10-22-15/h1,3-4,7,9,11,15H,2,5-6,8,10H2,(H,18,21). The molecule has 1 atom stereocenters. The van der Waals surface area contributed by atoms with Gasteiger partial charge in [-0.1, -0.05) is 6.07 Å². The molecule has 2 aromatic rings. The van der Waals surface area contributed by atoms with Gasteiger partial charge in [-0.25, -0.2) is 9.07 Å². The molecule has 0 aliphatic carbocycles. The van der Waals surface area contributed by atoms with Gasteiger partial charge in [-0.3, -0.25) is 4.79 Å².